The zero-order valence-electron chi connectivity index (χ0n) is 10.7. The van der Waals surface area contributed by atoms with Gasteiger partial charge in [0.05, 0.1) is 5.69 Å². The lowest BCUT2D eigenvalue weighted by Crippen LogP contribution is -2.12. The maximum absolute atomic E-state index is 12.1. The predicted octanol–water partition coefficient (Wildman–Crippen LogP) is 2.76. The Bertz CT molecular complexity index is 754. The van der Waals surface area contributed by atoms with Crippen molar-refractivity contribution < 1.29 is 4.79 Å². The summed E-state index contributed by atoms with van der Waals surface area (Å²) in [6.45, 7) is 3.80. The summed E-state index contributed by atoms with van der Waals surface area (Å²) in [5, 5.41) is 10.6. The molecule has 0 saturated heterocycles. The van der Waals surface area contributed by atoms with Crippen molar-refractivity contribution in [2.24, 2.45) is 0 Å². The fraction of sp³-hybridized carbons (Fsp3) is 0.143. The molecule has 1 amide bonds. The first-order valence-electron chi connectivity index (χ1n) is 6.06. The Morgan fingerprint density at radius 1 is 1.26 bits per heavy atom. The molecule has 3 aromatic rings. The van der Waals surface area contributed by atoms with E-state index in [1.807, 2.05) is 38.1 Å². The van der Waals surface area contributed by atoms with Crippen LogP contribution in [-0.2, 0) is 0 Å². The summed E-state index contributed by atoms with van der Waals surface area (Å²) in [6, 6.07) is 9.59. The lowest BCUT2D eigenvalue weighted by molar-refractivity contribution is 0.102. The molecule has 2 heterocycles. The smallest absolute Gasteiger partial charge is 0.276 e. The Morgan fingerprint density at radius 2 is 2.05 bits per heavy atom. The van der Waals surface area contributed by atoms with Gasteiger partial charge in [-0.3, -0.25) is 9.89 Å². The molecule has 96 valence electrons. The van der Waals surface area contributed by atoms with Gasteiger partial charge in [-0.1, -0.05) is 18.2 Å². The number of carbonyl (C=O) groups excluding carboxylic acids is 1. The number of anilines is 1. The van der Waals surface area contributed by atoms with E-state index in [4.69, 9.17) is 0 Å². The van der Waals surface area contributed by atoms with Crippen LogP contribution in [0.15, 0.2) is 30.3 Å². The largest absolute Gasteiger partial charge is 0.357 e. The van der Waals surface area contributed by atoms with Crippen LogP contribution in [0.25, 0.3) is 10.9 Å². The number of fused-ring (bicyclic) bond motifs is 1. The van der Waals surface area contributed by atoms with Crippen LogP contribution in [-0.4, -0.2) is 21.1 Å². The molecule has 0 saturated carbocycles. The van der Waals surface area contributed by atoms with Crippen LogP contribution in [0.3, 0.4) is 0 Å². The van der Waals surface area contributed by atoms with Gasteiger partial charge in [0, 0.05) is 22.3 Å². The summed E-state index contributed by atoms with van der Waals surface area (Å²) in [5.74, 6) is -0.211. The number of carbonyl (C=O) groups is 1. The highest BCUT2D eigenvalue weighted by atomic mass is 16.1. The molecule has 0 unspecified atom stereocenters. The van der Waals surface area contributed by atoms with Gasteiger partial charge in [0.1, 0.15) is 0 Å². The molecule has 0 aliphatic rings. The van der Waals surface area contributed by atoms with Crippen molar-refractivity contribution in [3.63, 3.8) is 0 Å². The summed E-state index contributed by atoms with van der Waals surface area (Å²) >= 11 is 0. The van der Waals surface area contributed by atoms with E-state index in [-0.39, 0.29) is 5.91 Å². The summed E-state index contributed by atoms with van der Waals surface area (Å²) in [7, 11) is 0. The number of benzene rings is 1. The molecule has 3 N–H and O–H groups in total. The van der Waals surface area contributed by atoms with Gasteiger partial charge in [-0.25, -0.2) is 0 Å². The zero-order valence-corrected chi connectivity index (χ0v) is 10.7. The third kappa shape index (κ3) is 1.99. The standard InChI is InChI=1S/C14H14N4O/c1-8-7-12(18-17-8)14(19)16-13-9(2)15-11-6-4-3-5-10(11)13/h3-7,15H,1-2H3,(H,16,19)(H,17,18). The molecule has 0 radical (unpaired) electrons. The number of nitrogens with one attached hydrogen (secondary N) is 3. The number of hydrogen-bond donors (Lipinski definition) is 3. The molecule has 19 heavy (non-hydrogen) atoms. The number of nitrogens with zero attached hydrogens (tertiary/aromatic N) is 1. The van der Waals surface area contributed by atoms with Gasteiger partial charge in [-0.15, -0.1) is 0 Å². The summed E-state index contributed by atoms with van der Waals surface area (Å²) in [5.41, 5.74) is 4.00. The van der Waals surface area contributed by atoms with Gasteiger partial charge in [-0.2, -0.15) is 5.10 Å². The van der Waals surface area contributed by atoms with Gasteiger partial charge in [0.25, 0.3) is 5.91 Å². The molecule has 3 rings (SSSR count). The highest BCUT2D eigenvalue weighted by molar-refractivity contribution is 6.08. The molecular formula is C14H14N4O. The normalized spacial score (nSPS) is 10.8. The minimum atomic E-state index is -0.211. The van der Waals surface area contributed by atoms with Crippen LogP contribution >= 0.6 is 0 Å². The van der Waals surface area contributed by atoms with Gasteiger partial charge >= 0.3 is 0 Å². The van der Waals surface area contributed by atoms with Crippen LogP contribution < -0.4 is 5.32 Å². The monoisotopic (exact) mass is 254 g/mol. The SMILES string of the molecule is Cc1cc(C(=O)Nc2c(C)[nH]c3ccccc23)n[nH]1. The van der Waals surface area contributed by atoms with E-state index >= 15 is 0 Å². The van der Waals surface area contributed by atoms with E-state index in [1.54, 1.807) is 6.07 Å². The molecule has 0 fully saturated rings. The molecule has 0 aliphatic heterocycles. The molecule has 0 spiro atoms. The average Bonchev–Trinajstić information content (AvgIpc) is 2.95. The van der Waals surface area contributed by atoms with Crippen molar-refractivity contribution in [2.75, 3.05) is 5.32 Å². The number of rotatable bonds is 2. The van der Waals surface area contributed by atoms with E-state index in [0.29, 0.717) is 5.69 Å². The maximum Gasteiger partial charge on any atom is 0.276 e. The predicted molar refractivity (Wildman–Crippen MR) is 74.3 cm³/mol. The maximum atomic E-state index is 12.1. The molecule has 1 aromatic carbocycles. The third-order valence-electron chi connectivity index (χ3n) is 3.07. The Hall–Kier alpha value is -2.56. The van der Waals surface area contributed by atoms with Gasteiger partial charge in [0.2, 0.25) is 0 Å². The van der Waals surface area contributed by atoms with Crippen LogP contribution in [0.2, 0.25) is 0 Å². The summed E-state index contributed by atoms with van der Waals surface area (Å²) in [6.07, 6.45) is 0. The number of aryl methyl sites for hydroxylation is 2. The average molecular weight is 254 g/mol. The van der Waals surface area contributed by atoms with Gasteiger partial charge in [0.15, 0.2) is 5.69 Å². The number of amides is 1. The Balaban J connectivity index is 1.97. The van der Waals surface area contributed by atoms with E-state index in [2.05, 4.69) is 20.5 Å². The molecule has 0 bridgehead atoms. The highest BCUT2D eigenvalue weighted by Crippen LogP contribution is 2.27. The Labute approximate surface area is 110 Å². The van der Waals surface area contributed by atoms with E-state index in [9.17, 15) is 4.79 Å². The second kappa shape index (κ2) is 4.28. The molecular weight excluding hydrogens is 240 g/mol. The molecule has 5 heteroatoms. The fourth-order valence-corrected chi connectivity index (χ4v) is 2.15. The highest BCUT2D eigenvalue weighted by Gasteiger charge is 2.14. The summed E-state index contributed by atoms with van der Waals surface area (Å²) < 4.78 is 0. The quantitative estimate of drug-likeness (QED) is 0.658. The number of H-pyrrole nitrogens is 2. The summed E-state index contributed by atoms with van der Waals surface area (Å²) in [4.78, 5) is 15.4. The minimum Gasteiger partial charge on any atom is -0.357 e. The van der Waals surface area contributed by atoms with Gasteiger partial charge < -0.3 is 10.3 Å². The first kappa shape index (κ1) is 11.5. The minimum absolute atomic E-state index is 0.211. The zero-order chi connectivity index (χ0) is 13.4. The van der Waals surface area contributed by atoms with E-state index in [0.717, 1.165) is 28.0 Å². The van der Waals surface area contributed by atoms with Crippen molar-refractivity contribution in [3.05, 3.63) is 47.4 Å². The van der Waals surface area contributed by atoms with Crippen molar-refractivity contribution >= 4 is 22.5 Å². The number of aromatic nitrogens is 3. The van der Waals surface area contributed by atoms with Crippen molar-refractivity contribution in [2.45, 2.75) is 13.8 Å². The second-order valence-corrected chi connectivity index (χ2v) is 4.56. The number of hydrogen-bond acceptors (Lipinski definition) is 2. The lowest BCUT2D eigenvalue weighted by Gasteiger charge is -2.02. The van der Waals surface area contributed by atoms with Crippen LogP contribution in [0, 0.1) is 13.8 Å². The van der Waals surface area contributed by atoms with Crippen molar-refractivity contribution in [1.82, 2.24) is 15.2 Å². The van der Waals surface area contributed by atoms with Gasteiger partial charge in [-0.05, 0) is 26.0 Å². The van der Waals surface area contributed by atoms with Crippen LogP contribution in [0.5, 0.6) is 0 Å². The Kier molecular flexibility index (Phi) is 2.59. The molecule has 2 aromatic heterocycles. The number of para-hydroxylation sites is 1. The first-order valence-corrected chi connectivity index (χ1v) is 6.06. The third-order valence-corrected chi connectivity index (χ3v) is 3.07. The Morgan fingerprint density at radius 3 is 2.79 bits per heavy atom. The first-order chi connectivity index (χ1) is 9.15. The second-order valence-electron chi connectivity index (χ2n) is 4.56. The van der Waals surface area contributed by atoms with Crippen LogP contribution in [0.4, 0.5) is 5.69 Å². The molecule has 0 atom stereocenters. The van der Waals surface area contributed by atoms with E-state index in [1.165, 1.54) is 0 Å². The molecule has 0 aliphatic carbocycles. The molecule has 5 nitrogen and oxygen atoms in total. The fourth-order valence-electron chi connectivity index (χ4n) is 2.15. The van der Waals surface area contributed by atoms with E-state index < -0.39 is 0 Å². The van der Waals surface area contributed by atoms with Crippen LogP contribution in [0.1, 0.15) is 21.9 Å². The van der Waals surface area contributed by atoms with Crippen molar-refractivity contribution in [3.8, 4) is 0 Å². The number of aromatic amines is 2. The lowest BCUT2D eigenvalue weighted by atomic mass is 10.2. The topological polar surface area (TPSA) is 73.6 Å². The van der Waals surface area contributed by atoms with Crippen molar-refractivity contribution in [1.29, 1.82) is 0 Å².